The zero-order valence-electron chi connectivity index (χ0n) is 14.5. The second kappa shape index (κ2) is 7.81. The molecule has 8 heteroatoms. The first-order chi connectivity index (χ1) is 11.2. The van der Waals surface area contributed by atoms with Gasteiger partial charge < -0.3 is 15.0 Å². The lowest BCUT2D eigenvalue weighted by molar-refractivity contribution is 0.0172. The van der Waals surface area contributed by atoms with Gasteiger partial charge in [0.25, 0.3) is 6.43 Å². The maximum Gasteiger partial charge on any atom is 0.410 e. The summed E-state index contributed by atoms with van der Waals surface area (Å²) in [4.78, 5) is 13.9. The van der Waals surface area contributed by atoms with Crippen molar-refractivity contribution in [1.82, 2.24) is 14.7 Å². The number of carbonyl (C=O) groups excluding carboxylic acids is 1. The van der Waals surface area contributed by atoms with Crippen LogP contribution >= 0.6 is 0 Å². The van der Waals surface area contributed by atoms with Crippen molar-refractivity contribution >= 4 is 11.9 Å². The smallest absolute Gasteiger partial charge is 0.410 e. The molecule has 1 atom stereocenters. The number of ether oxygens (including phenoxy) is 1. The van der Waals surface area contributed by atoms with Crippen molar-refractivity contribution in [2.45, 2.75) is 52.2 Å². The molecule has 0 aromatic carbocycles. The van der Waals surface area contributed by atoms with Crippen molar-refractivity contribution in [2.24, 2.45) is 5.92 Å². The van der Waals surface area contributed by atoms with Crippen LogP contribution in [0.15, 0.2) is 12.3 Å². The number of nitrogens with one attached hydrogen (secondary N) is 1. The normalized spacial score (nSPS) is 18.8. The van der Waals surface area contributed by atoms with Crippen LogP contribution in [0.1, 0.15) is 33.6 Å². The van der Waals surface area contributed by atoms with Crippen molar-refractivity contribution in [3.8, 4) is 0 Å². The Morgan fingerprint density at radius 3 is 2.92 bits per heavy atom. The highest BCUT2D eigenvalue weighted by atomic mass is 19.3. The van der Waals surface area contributed by atoms with Crippen molar-refractivity contribution in [1.29, 1.82) is 0 Å². The average molecular weight is 344 g/mol. The Labute approximate surface area is 141 Å². The van der Waals surface area contributed by atoms with Crippen LogP contribution in [0.5, 0.6) is 0 Å². The van der Waals surface area contributed by atoms with Crippen LogP contribution in [-0.4, -0.2) is 52.4 Å². The van der Waals surface area contributed by atoms with Gasteiger partial charge in [0, 0.05) is 31.9 Å². The molecule has 0 saturated carbocycles. The summed E-state index contributed by atoms with van der Waals surface area (Å²) in [5.74, 6) is 0.858. The van der Waals surface area contributed by atoms with Crippen LogP contribution in [0.25, 0.3) is 0 Å². The van der Waals surface area contributed by atoms with Crippen LogP contribution in [0.3, 0.4) is 0 Å². The molecule has 0 unspecified atom stereocenters. The summed E-state index contributed by atoms with van der Waals surface area (Å²) in [6.07, 6.45) is 0.754. The van der Waals surface area contributed by atoms with Crippen molar-refractivity contribution in [3.63, 3.8) is 0 Å². The van der Waals surface area contributed by atoms with Gasteiger partial charge in [-0.1, -0.05) is 0 Å². The monoisotopic (exact) mass is 344 g/mol. The van der Waals surface area contributed by atoms with E-state index in [4.69, 9.17) is 4.74 Å². The van der Waals surface area contributed by atoms with E-state index in [1.54, 1.807) is 11.0 Å². The molecule has 0 spiro atoms. The third-order valence-electron chi connectivity index (χ3n) is 3.71. The Morgan fingerprint density at radius 2 is 2.25 bits per heavy atom. The van der Waals surface area contributed by atoms with E-state index in [0.717, 1.165) is 12.8 Å². The molecule has 2 heterocycles. The number of alkyl halides is 2. The number of rotatable bonds is 5. The first-order valence-corrected chi connectivity index (χ1v) is 8.26. The topological polar surface area (TPSA) is 59.4 Å². The molecule has 0 bridgehead atoms. The summed E-state index contributed by atoms with van der Waals surface area (Å²) in [6, 6.07) is 1.68. The number of aromatic nitrogens is 2. The molecule has 0 radical (unpaired) electrons. The van der Waals surface area contributed by atoms with Gasteiger partial charge in [0.1, 0.15) is 18.0 Å². The number of hydrogen-bond donors (Lipinski definition) is 1. The molecule has 1 aliphatic heterocycles. The number of likely N-dealkylation sites (tertiary alicyclic amines) is 1. The first-order valence-electron chi connectivity index (χ1n) is 8.26. The van der Waals surface area contributed by atoms with Crippen LogP contribution in [0.4, 0.5) is 19.4 Å². The standard InChI is InChI=1S/C16H26F2N4O2/c1-16(2,3)24-15(23)21-7-4-5-12(10-21)9-19-14-6-8-22(20-14)11-13(17)18/h6,8,12-13H,4-5,7,9-11H2,1-3H3,(H,19,20)/t12-/m1/s1. The highest BCUT2D eigenvalue weighted by Crippen LogP contribution is 2.20. The van der Waals surface area contributed by atoms with E-state index in [1.165, 1.54) is 10.9 Å². The SMILES string of the molecule is CC(C)(C)OC(=O)N1CCC[C@H](CNc2ccn(CC(F)F)n2)C1. The maximum absolute atomic E-state index is 12.3. The van der Waals surface area contributed by atoms with E-state index in [2.05, 4.69) is 10.4 Å². The van der Waals surface area contributed by atoms with E-state index in [9.17, 15) is 13.6 Å². The number of nitrogens with zero attached hydrogens (tertiary/aromatic N) is 3. The molecular weight excluding hydrogens is 318 g/mol. The van der Waals surface area contributed by atoms with Gasteiger partial charge in [-0.3, -0.25) is 4.68 Å². The molecule has 1 aliphatic rings. The van der Waals surface area contributed by atoms with Crippen molar-refractivity contribution < 1.29 is 18.3 Å². The highest BCUT2D eigenvalue weighted by Gasteiger charge is 2.27. The Kier molecular flexibility index (Phi) is 6.01. The summed E-state index contributed by atoms with van der Waals surface area (Å²) in [7, 11) is 0. The lowest BCUT2D eigenvalue weighted by Crippen LogP contribution is -2.44. The largest absolute Gasteiger partial charge is 0.444 e. The van der Waals surface area contributed by atoms with E-state index in [-0.39, 0.29) is 12.0 Å². The van der Waals surface area contributed by atoms with Crippen LogP contribution < -0.4 is 5.32 Å². The number of hydrogen-bond acceptors (Lipinski definition) is 4. The third kappa shape index (κ3) is 5.98. The molecule has 136 valence electrons. The molecule has 24 heavy (non-hydrogen) atoms. The molecule has 2 rings (SSSR count). The summed E-state index contributed by atoms with van der Waals surface area (Å²) < 4.78 is 31.3. The zero-order valence-corrected chi connectivity index (χ0v) is 14.5. The van der Waals surface area contributed by atoms with E-state index >= 15 is 0 Å². The number of piperidine rings is 1. The van der Waals surface area contributed by atoms with Crippen LogP contribution in [0, 0.1) is 5.92 Å². The summed E-state index contributed by atoms with van der Waals surface area (Å²) in [5.41, 5.74) is -0.500. The fourth-order valence-electron chi connectivity index (χ4n) is 2.67. The minimum atomic E-state index is -2.42. The van der Waals surface area contributed by atoms with Gasteiger partial charge in [0.05, 0.1) is 0 Å². The minimum absolute atomic E-state index is 0.284. The number of anilines is 1. The average Bonchev–Trinajstić information content (AvgIpc) is 2.90. The third-order valence-corrected chi connectivity index (χ3v) is 3.71. The number of halogens is 2. The predicted molar refractivity (Wildman–Crippen MR) is 87.3 cm³/mol. The van der Waals surface area contributed by atoms with Gasteiger partial charge in [-0.05, 0) is 39.5 Å². The lowest BCUT2D eigenvalue weighted by atomic mass is 9.98. The molecule has 1 aromatic rings. The van der Waals surface area contributed by atoms with Gasteiger partial charge in [0.15, 0.2) is 0 Å². The predicted octanol–water partition coefficient (Wildman–Crippen LogP) is 3.21. The van der Waals surface area contributed by atoms with Gasteiger partial charge in [-0.2, -0.15) is 5.10 Å². The number of amides is 1. The Morgan fingerprint density at radius 1 is 1.50 bits per heavy atom. The zero-order chi connectivity index (χ0) is 17.7. The lowest BCUT2D eigenvalue weighted by Gasteiger charge is -2.34. The van der Waals surface area contributed by atoms with Crippen LogP contribution in [-0.2, 0) is 11.3 Å². The van der Waals surface area contributed by atoms with Gasteiger partial charge in [-0.25, -0.2) is 13.6 Å². The van der Waals surface area contributed by atoms with Crippen molar-refractivity contribution in [3.05, 3.63) is 12.3 Å². The molecular formula is C16H26F2N4O2. The van der Waals surface area contributed by atoms with Gasteiger partial charge in [0.2, 0.25) is 0 Å². The molecule has 6 nitrogen and oxygen atoms in total. The molecule has 0 aliphatic carbocycles. The molecule has 1 amide bonds. The van der Waals surface area contributed by atoms with Crippen LogP contribution in [0.2, 0.25) is 0 Å². The molecule has 1 aromatic heterocycles. The van der Waals surface area contributed by atoms with Gasteiger partial charge in [-0.15, -0.1) is 0 Å². The maximum atomic E-state index is 12.3. The first kappa shape index (κ1) is 18.5. The van der Waals surface area contributed by atoms with Gasteiger partial charge >= 0.3 is 6.09 Å². The Hall–Kier alpha value is -1.86. The summed E-state index contributed by atoms with van der Waals surface area (Å²) in [6.45, 7) is 7.12. The van der Waals surface area contributed by atoms with E-state index < -0.39 is 18.6 Å². The Balaban J connectivity index is 1.80. The molecule has 1 saturated heterocycles. The minimum Gasteiger partial charge on any atom is -0.444 e. The molecule has 1 fully saturated rings. The second-order valence-corrected chi connectivity index (χ2v) is 7.13. The van der Waals surface area contributed by atoms with E-state index in [1.807, 2.05) is 20.8 Å². The summed E-state index contributed by atoms with van der Waals surface area (Å²) in [5, 5.41) is 7.22. The van der Waals surface area contributed by atoms with E-state index in [0.29, 0.717) is 25.5 Å². The summed E-state index contributed by atoms with van der Waals surface area (Å²) >= 11 is 0. The Bertz CT molecular complexity index is 542. The molecule has 1 N–H and O–H groups in total. The second-order valence-electron chi connectivity index (χ2n) is 7.13. The quantitative estimate of drug-likeness (QED) is 0.891. The fourth-order valence-corrected chi connectivity index (χ4v) is 2.67. The number of carbonyl (C=O) groups is 1. The fraction of sp³-hybridized carbons (Fsp3) is 0.750. The van der Waals surface area contributed by atoms with Crippen molar-refractivity contribution in [2.75, 3.05) is 25.0 Å². The highest BCUT2D eigenvalue weighted by molar-refractivity contribution is 5.68.